The zero-order valence-corrected chi connectivity index (χ0v) is 18.7. The van der Waals surface area contributed by atoms with Crippen LogP contribution in [0.3, 0.4) is 0 Å². The third-order valence-corrected chi connectivity index (χ3v) is 6.09. The van der Waals surface area contributed by atoms with Gasteiger partial charge >= 0.3 is 5.63 Å². The van der Waals surface area contributed by atoms with Gasteiger partial charge in [-0.05, 0) is 66.1 Å². The van der Waals surface area contributed by atoms with Gasteiger partial charge in [0, 0.05) is 21.6 Å². The summed E-state index contributed by atoms with van der Waals surface area (Å²) in [5, 5.41) is 0.876. The van der Waals surface area contributed by atoms with Crippen LogP contribution in [0.1, 0.15) is 11.1 Å². The van der Waals surface area contributed by atoms with Crippen molar-refractivity contribution in [3.05, 3.63) is 86.7 Å². The predicted octanol–water partition coefficient (Wildman–Crippen LogP) is 5.90. The number of halogens is 1. The van der Waals surface area contributed by atoms with Gasteiger partial charge in [0.15, 0.2) is 6.73 Å². The molecule has 1 aliphatic rings. The average Bonchev–Trinajstić information content (AvgIpc) is 2.78. The SMILES string of the molecule is COc1ccc(-c2cc(=O)oc3c4c(ccc23)OCN(c2ccc(Br)cc2C)C4)cc1. The molecular weight excluding hydrogens is 458 g/mol. The summed E-state index contributed by atoms with van der Waals surface area (Å²) in [6.45, 7) is 3.09. The fourth-order valence-electron chi connectivity index (χ4n) is 4.07. The minimum absolute atomic E-state index is 0.385. The lowest BCUT2D eigenvalue weighted by Gasteiger charge is -2.32. The maximum absolute atomic E-state index is 12.5. The molecule has 4 aromatic rings. The highest BCUT2D eigenvalue weighted by molar-refractivity contribution is 9.10. The number of anilines is 1. The van der Waals surface area contributed by atoms with E-state index in [0.717, 1.165) is 49.3 Å². The van der Waals surface area contributed by atoms with Gasteiger partial charge < -0.3 is 18.8 Å². The molecule has 31 heavy (non-hydrogen) atoms. The molecule has 0 saturated heterocycles. The number of fused-ring (bicyclic) bond motifs is 3. The first-order chi connectivity index (χ1) is 15.0. The molecule has 3 aromatic carbocycles. The number of ether oxygens (including phenoxy) is 2. The second-order valence-corrected chi connectivity index (χ2v) is 8.44. The summed E-state index contributed by atoms with van der Waals surface area (Å²) in [6, 6.07) is 19.3. The summed E-state index contributed by atoms with van der Waals surface area (Å²) in [7, 11) is 1.63. The third-order valence-electron chi connectivity index (χ3n) is 5.60. The first-order valence-electron chi connectivity index (χ1n) is 9.91. The second-order valence-electron chi connectivity index (χ2n) is 7.53. The van der Waals surface area contributed by atoms with E-state index in [4.69, 9.17) is 13.9 Å². The first-order valence-corrected chi connectivity index (χ1v) is 10.7. The van der Waals surface area contributed by atoms with Gasteiger partial charge in [0.25, 0.3) is 0 Å². The maximum Gasteiger partial charge on any atom is 0.336 e. The number of nitrogens with zero attached hydrogens (tertiary/aromatic N) is 1. The van der Waals surface area contributed by atoms with E-state index in [-0.39, 0.29) is 5.63 Å². The van der Waals surface area contributed by atoms with Crippen LogP contribution in [-0.2, 0) is 6.54 Å². The van der Waals surface area contributed by atoms with Gasteiger partial charge in [0.05, 0.1) is 19.2 Å². The molecule has 0 saturated carbocycles. The van der Waals surface area contributed by atoms with E-state index in [1.807, 2.05) is 42.5 Å². The van der Waals surface area contributed by atoms with Crippen molar-refractivity contribution in [2.75, 3.05) is 18.7 Å². The highest BCUT2D eigenvalue weighted by atomic mass is 79.9. The van der Waals surface area contributed by atoms with Gasteiger partial charge in [-0.15, -0.1) is 0 Å². The smallest absolute Gasteiger partial charge is 0.336 e. The largest absolute Gasteiger partial charge is 0.497 e. The molecule has 0 amide bonds. The molecule has 0 bridgehead atoms. The number of benzene rings is 3. The standard InChI is InChI=1S/C25H20BrNO4/c1-15-11-17(26)5-9-22(15)27-13-21-23(30-14-27)10-8-19-20(12-24(28)31-25(19)21)16-3-6-18(29-2)7-4-16/h3-12H,13-14H2,1-2H3. The van der Waals surface area contributed by atoms with Crippen molar-refractivity contribution in [2.24, 2.45) is 0 Å². The van der Waals surface area contributed by atoms with Gasteiger partial charge in [-0.25, -0.2) is 4.79 Å². The van der Waals surface area contributed by atoms with Crippen molar-refractivity contribution >= 4 is 32.6 Å². The highest BCUT2D eigenvalue weighted by Crippen LogP contribution is 2.38. The van der Waals surface area contributed by atoms with Crippen LogP contribution >= 0.6 is 15.9 Å². The zero-order valence-electron chi connectivity index (χ0n) is 17.1. The van der Waals surface area contributed by atoms with Crippen LogP contribution in [0.5, 0.6) is 11.5 Å². The molecule has 0 N–H and O–H groups in total. The van der Waals surface area contributed by atoms with Crippen molar-refractivity contribution in [3.63, 3.8) is 0 Å². The molecule has 2 heterocycles. The lowest BCUT2D eigenvalue weighted by molar-refractivity contribution is 0.289. The summed E-state index contributed by atoms with van der Waals surface area (Å²) >= 11 is 3.52. The van der Waals surface area contributed by atoms with Crippen molar-refractivity contribution in [1.29, 1.82) is 0 Å². The lowest BCUT2D eigenvalue weighted by Crippen LogP contribution is -2.32. The van der Waals surface area contributed by atoms with E-state index >= 15 is 0 Å². The van der Waals surface area contributed by atoms with Crippen LogP contribution in [0.25, 0.3) is 22.1 Å². The quantitative estimate of drug-likeness (QED) is 0.344. The van der Waals surface area contributed by atoms with E-state index in [1.54, 1.807) is 7.11 Å². The highest BCUT2D eigenvalue weighted by Gasteiger charge is 2.24. The van der Waals surface area contributed by atoms with E-state index in [2.05, 4.69) is 39.9 Å². The van der Waals surface area contributed by atoms with Gasteiger partial charge in [-0.2, -0.15) is 0 Å². The summed E-state index contributed by atoms with van der Waals surface area (Å²) in [5.41, 5.74) is 5.03. The average molecular weight is 478 g/mol. The molecule has 156 valence electrons. The van der Waals surface area contributed by atoms with E-state index in [1.165, 1.54) is 6.07 Å². The molecule has 5 nitrogen and oxygen atoms in total. The molecule has 0 fully saturated rings. The van der Waals surface area contributed by atoms with Crippen molar-refractivity contribution in [3.8, 4) is 22.6 Å². The van der Waals surface area contributed by atoms with Gasteiger partial charge in [0.1, 0.15) is 17.1 Å². The van der Waals surface area contributed by atoms with Gasteiger partial charge in [-0.1, -0.05) is 28.1 Å². The minimum Gasteiger partial charge on any atom is -0.497 e. The second kappa shape index (κ2) is 7.78. The molecule has 0 spiro atoms. The van der Waals surface area contributed by atoms with E-state index in [0.29, 0.717) is 18.9 Å². The van der Waals surface area contributed by atoms with Crippen LogP contribution in [0.4, 0.5) is 5.69 Å². The molecular formula is C25H20BrNO4. The number of hydrogen-bond acceptors (Lipinski definition) is 5. The fraction of sp³-hybridized carbons (Fsp3) is 0.160. The summed E-state index contributed by atoms with van der Waals surface area (Å²) < 4.78 is 18.0. The molecule has 6 heteroatoms. The number of hydrogen-bond donors (Lipinski definition) is 0. The third kappa shape index (κ3) is 3.57. The first kappa shape index (κ1) is 19.7. The van der Waals surface area contributed by atoms with Crippen LogP contribution < -0.4 is 20.0 Å². The van der Waals surface area contributed by atoms with Crippen LogP contribution in [0.2, 0.25) is 0 Å². The Bertz CT molecular complexity index is 1340. The Hall–Kier alpha value is -3.25. The molecule has 5 rings (SSSR count). The minimum atomic E-state index is -0.385. The fourth-order valence-corrected chi connectivity index (χ4v) is 4.55. The number of methoxy groups -OCH3 is 1. The Labute approximate surface area is 188 Å². The summed E-state index contributed by atoms with van der Waals surface area (Å²) in [6.07, 6.45) is 0. The number of aryl methyl sites for hydroxylation is 1. The Balaban J connectivity index is 1.63. The molecule has 0 aliphatic carbocycles. The van der Waals surface area contributed by atoms with Crippen LogP contribution in [0, 0.1) is 6.92 Å². The molecule has 1 aromatic heterocycles. The topological polar surface area (TPSA) is 51.9 Å². The van der Waals surface area contributed by atoms with Crippen molar-refractivity contribution < 1.29 is 13.9 Å². The Morgan fingerprint density at radius 3 is 2.58 bits per heavy atom. The maximum atomic E-state index is 12.5. The summed E-state index contributed by atoms with van der Waals surface area (Å²) in [5.74, 6) is 1.51. The number of rotatable bonds is 3. The van der Waals surface area contributed by atoms with Gasteiger partial charge in [-0.3, -0.25) is 0 Å². The molecule has 0 radical (unpaired) electrons. The summed E-state index contributed by atoms with van der Waals surface area (Å²) in [4.78, 5) is 14.6. The Morgan fingerprint density at radius 1 is 1.03 bits per heavy atom. The molecule has 0 atom stereocenters. The monoisotopic (exact) mass is 477 g/mol. The zero-order chi connectivity index (χ0) is 21.5. The molecule has 0 unspecified atom stereocenters. The van der Waals surface area contributed by atoms with E-state index < -0.39 is 0 Å². The van der Waals surface area contributed by atoms with E-state index in [9.17, 15) is 4.79 Å². The van der Waals surface area contributed by atoms with Gasteiger partial charge in [0.2, 0.25) is 0 Å². The lowest BCUT2D eigenvalue weighted by atomic mass is 9.99. The Morgan fingerprint density at radius 2 is 1.84 bits per heavy atom. The predicted molar refractivity (Wildman–Crippen MR) is 125 cm³/mol. The van der Waals surface area contributed by atoms with Crippen LogP contribution in [0.15, 0.2) is 74.3 Å². The molecule has 1 aliphatic heterocycles. The Kier molecular flexibility index (Phi) is 4.94. The van der Waals surface area contributed by atoms with Crippen molar-refractivity contribution in [2.45, 2.75) is 13.5 Å². The van der Waals surface area contributed by atoms with Crippen molar-refractivity contribution in [1.82, 2.24) is 0 Å². The van der Waals surface area contributed by atoms with Crippen LogP contribution in [-0.4, -0.2) is 13.8 Å². The normalized spacial score (nSPS) is 13.1.